The Morgan fingerprint density at radius 2 is 1.66 bits per heavy atom. The van der Waals surface area contributed by atoms with E-state index in [4.69, 9.17) is 24.9 Å². The van der Waals surface area contributed by atoms with Crippen molar-refractivity contribution in [1.82, 2.24) is 15.1 Å². The smallest absolute Gasteiger partial charge is 0.153 e. The van der Waals surface area contributed by atoms with Gasteiger partial charge in [-0.25, -0.2) is 4.99 Å². The van der Waals surface area contributed by atoms with E-state index in [0.717, 1.165) is 49.1 Å². The maximum Gasteiger partial charge on any atom is 0.153 e. The van der Waals surface area contributed by atoms with Crippen LogP contribution in [0.25, 0.3) is 6.08 Å². The Kier molecular flexibility index (Phi) is 6.21. The number of methoxy groups -OCH3 is 1. The molecule has 29 heavy (non-hydrogen) atoms. The molecule has 1 atom stereocenters. The third-order valence-electron chi connectivity index (χ3n) is 5.27. The molecule has 0 aliphatic carbocycles. The summed E-state index contributed by atoms with van der Waals surface area (Å²) >= 11 is 0. The van der Waals surface area contributed by atoms with E-state index in [1.807, 2.05) is 24.3 Å². The lowest BCUT2D eigenvalue weighted by molar-refractivity contribution is 0.0486. The molecule has 3 aliphatic heterocycles. The molecule has 0 saturated carbocycles. The molecule has 0 amide bonds. The van der Waals surface area contributed by atoms with E-state index in [9.17, 15) is 0 Å². The van der Waals surface area contributed by atoms with Gasteiger partial charge in [0.1, 0.15) is 23.4 Å². The summed E-state index contributed by atoms with van der Waals surface area (Å²) < 4.78 is 16.2. The molecule has 8 heteroatoms. The third kappa shape index (κ3) is 4.65. The number of benzene rings is 1. The molecule has 4 rings (SSSR count). The highest BCUT2D eigenvalue weighted by Crippen LogP contribution is 2.19. The largest absolute Gasteiger partial charge is 0.497 e. The topological polar surface area (TPSA) is 84.6 Å². The monoisotopic (exact) mass is 399 g/mol. The van der Waals surface area contributed by atoms with Crippen LogP contribution in [0.3, 0.4) is 0 Å². The van der Waals surface area contributed by atoms with E-state index >= 15 is 0 Å². The lowest BCUT2D eigenvalue weighted by atomic mass is 10.2. The molecule has 1 unspecified atom stereocenters. The number of hydrogen-bond acceptors (Lipinski definition) is 8. The van der Waals surface area contributed by atoms with Gasteiger partial charge in [0.15, 0.2) is 5.84 Å². The first kappa shape index (κ1) is 19.6. The van der Waals surface area contributed by atoms with Crippen molar-refractivity contribution in [1.29, 1.82) is 0 Å². The average molecular weight is 399 g/mol. The number of nitrogens with two attached hydrogens (primary N) is 1. The van der Waals surface area contributed by atoms with Crippen LogP contribution >= 0.6 is 0 Å². The molecular weight excluding hydrogens is 370 g/mol. The highest BCUT2D eigenvalue weighted by atomic mass is 16.5. The van der Waals surface area contributed by atoms with Crippen LogP contribution in [-0.2, 0) is 9.47 Å². The fourth-order valence-corrected chi connectivity index (χ4v) is 3.64. The maximum atomic E-state index is 6.57. The second kappa shape index (κ2) is 9.19. The van der Waals surface area contributed by atoms with E-state index in [-0.39, 0.29) is 6.17 Å². The van der Waals surface area contributed by atoms with Crippen LogP contribution < -0.4 is 15.8 Å². The van der Waals surface area contributed by atoms with E-state index in [1.54, 1.807) is 7.11 Å². The first-order valence-corrected chi connectivity index (χ1v) is 10.1. The minimum atomic E-state index is -0.194. The van der Waals surface area contributed by atoms with Crippen molar-refractivity contribution in [3.8, 4) is 5.75 Å². The number of ether oxygens (including phenoxy) is 3. The summed E-state index contributed by atoms with van der Waals surface area (Å²) in [6.45, 7) is 6.01. The summed E-state index contributed by atoms with van der Waals surface area (Å²) in [4.78, 5) is 9.37. The van der Waals surface area contributed by atoms with Gasteiger partial charge in [-0.05, 0) is 23.8 Å². The maximum absolute atomic E-state index is 6.57. The number of nitrogens with zero attached hydrogens (tertiary/aromatic N) is 3. The Bertz CT molecular complexity index is 778. The molecule has 0 spiro atoms. The minimum absolute atomic E-state index is 0.194. The minimum Gasteiger partial charge on any atom is -0.497 e. The van der Waals surface area contributed by atoms with Crippen LogP contribution in [0.1, 0.15) is 5.56 Å². The zero-order valence-electron chi connectivity index (χ0n) is 16.8. The molecule has 0 radical (unpaired) electrons. The zero-order valence-corrected chi connectivity index (χ0v) is 16.8. The number of rotatable bonds is 4. The van der Waals surface area contributed by atoms with Gasteiger partial charge in [0.25, 0.3) is 0 Å². The zero-order chi connectivity index (χ0) is 20.1. The highest BCUT2D eigenvalue weighted by Gasteiger charge is 2.28. The fourth-order valence-electron chi connectivity index (χ4n) is 3.64. The Balaban J connectivity index is 1.57. The number of aliphatic imine (C=N–C) groups is 1. The molecule has 3 N–H and O–H groups in total. The Hall–Kier alpha value is -2.71. The summed E-state index contributed by atoms with van der Waals surface area (Å²) in [5, 5.41) is 3.50. The van der Waals surface area contributed by atoms with E-state index in [2.05, 4.69) is 27.3 Å². The van der Waals surface area contributed by atoms with Crippen LogP contribution in [0.5, 0.6) is 5.75 Å². The van der Waals surface area contributed by atoms with Gasteiger partial charge in [0.05, 0.1) is 33.5 Å². The average Bonchev–Trinajstić information content (AvgIpc) is 2.80. The second-order valence-electron chi connectivity index (χ2n) is 7.14. The van der Waals surface area contributed by atoms with Gasteiger partial charge in [-0.15, -0.1) is 0 Å². The van der Waals surface area contributed by atoms with E-state index in [1.165, 1.54) is 0 Å². The molecule has 3 heterocycles. The van der Waals surface area contributed by atoms with E-state index in [0.29, 0.717) is 32.1 Å². The molecule has 3 aliphatic rings. The van der Waals surface area contributed by atoms with Gasteiger partial charge in [0.2, 0.25) is 0 Å². The Morgan fingerprint density at radius 1 is 1.03 bits per heavy atom. The Labute approximate surface area is 171 Å². The first-order chi connectivity index (χ1) is 14.2. The van der Waals surface area contributed by atoms with Crippen LogP contribution in [0.4, 0.5) is 0 Å². The number of hydrogen-bond donors (Lipinski definition) is 2. The summed E-state index contributed by atoms with van der Waals surface area (Å²) in [5.41, 5.74) is 8.36. The van der Waals surface area contributed by atoms with Gasteiger partial charge in [-0.2, -0.15) is 0 Å². The summed E-state index contributed by atoms with van der Waals surface area (Å²) in [7, 11) is 1.67. The third-order valence-corrected chi connectivity index (χ3v) is 5.27. The van der Waals surface area contributed by atoms with Gasteiger partial charge >= 0.3 is 0 Å². The predicted octanol–water partition coefficient (Wildman–Crippen LogP) is 0.828. The molecule has 2 saturated heterocycles. The number of amidine groups is 1. The van der Waals surface area contributed by atoms with Gasteiger partial charge in [-0.1, -0.05) is 18.2 Å². The molecular formula is C21H29N5O3. The Morgan fingerprint density at radius 3 is 2.28 bits per heavy atom. The summed E-state index contributed by atoms with van der Waals surface area (Å²) in [5.74, 6) is 2.63. The van der Waals surface area contributed by atoms with Gasteiger partial charge in [-0.3, -0.25) is 0 Å². The van der Waals surface area contributed by atoms with Crippen LogP contribution in [-0.4, -0.2) is 81.5 Å². The second-order valence-corrected chi connectivity index (χ2v) is 7.14. The highest BCUT2D eigenvalue weighted by molar-refractivity contribution is 5.99. The molecule has 1 aromatic carbocycles. The quantitative estimate of drug-likeness (QED) is 0.776. The SMILES string of the molecule is COc1ccc(/C=C/C2N=C(N3CCOCC3)C(N)=C(N3CCOCC3)N2)cc1. The predicted molar refractivity (Wildman–Crippen MR) is 112 cm³/mol. The van der Waals surface area contributed by atoms with Crippen molar-refractivity contribution in [3.05, 3.63) is 47.4 Å². The van der Waals surface area contributed by atoms with Crippen molar-refractivity contribution >= 4 is 11.9 Å². The number of morpholine rings is 2. The van der Waals surface area contributed by atoms with Crippen molar-refractivity contribution in [2.75, 3.05) is 59.7 Å². The molecule has 156 valence electrons. The first-order valence-electron chi connectivity index (χ1n) is 10.1. The fraction of sp³-hybridized carbons (Fsp3) is 0.476. The number of nitrogens with one attached hydrogen (secondary N) is 1. The van der Waals surface area contributed by atoms with E-state index < -0.39 is 0 Å². The van der Waals surface area contributed by atoms with Crippen molar-refractivity contribution in [2.24, 2.45) is 10.7 Å². The summed E-state index contributed by atoms with van der Waals surface area (Å²) in [6.07, 6.45) is 3.94. The molecule has 2 fully saturated rings. The molecule has 1 aromatic rings. The lowest BCUT2D eigenvalue weighted by Gasteiger charge is -2.39. The normalized spacial score (nSPS) is 23.2. The van der Waals surface area contributed by atoms with Gasteiger partial charge < -0.3 is 35.1 Å². The summed E-state index contributed by atoms with van der Waals surface area (Å²) in [6, 6.07) is 7.95. The lowest BCUT2D eigenvalue weighted by Crippen LogP contribution is -2.52. The van der Waals surface area contributed by atoms with Gasteiger partial charge in [0, 0.05) is 26.2 Å². The standard InChI is InChI=1S/C21H29N5O3/c1-27-17-5-2-16(3-6-17)4-7-18-23-20(25-8-12-28-13-9-25)19(22)21(24-18)26-10-14-29-15-11-26/h2-7,18,23H,8-15,22H2,1H3/b7-4+. The molecule has 8 nitrogen and oxygen atoms in total. The van der Waals surface area contributed by atoms with Crippen molar-refractivity contribution in [3.63, 3.8) is 0 Å². The van der Waals surface area contributed by atoms with Crippen LogP contribution in [0.2, 0.25) is 0 Å². The molecule has 0 aromatic heterocycles. The van der Waals surface area contributed by atoms with Crippen LogP contribution in [0, 0.1) is 0 Å². The van der Waals surface area contributed by atoms with Crippen LogP contribution in [0.15, 0.2) is 46.9 Å². The van der Waals surface area contributed by atoms with Crippen molar-refractivity contribution < 1.29 is 14.2 Å². The molecule has 0 bridgehead atoms. The van der Waals surface area contributed by atoms with Crippen molar-refractivity contribution in [2.45, 2.75) is 6.17 Å².